The fourth-order valence-corrected chi connectivity index (χ4v) is 2.28. The Morgan fingerprint density at radius 1 is 1.05 bits per heavy atom. The molecular weight excluding hydrogens is 250 g/mol. The molecule has 2 N–H and O–H groups in total. The lowest BCUT2D eigenvalue weighted by Gasteiger charge is -2.23. The molecule has 0 heterocycles. The molecule has 2 atom stereocenters. The highest BCUT2D eigenvalue weighted by Crippen LogP contribution is 2.25. The second-order valence-electron chi connectivity index (χ2n) is 5.47. The van der Waals surface area contributed by atoms with Gasteiger partial charge in [-0.1, -0.05) is 50.2 Å². The van der Waals surface area contributed by atoms with E-state index < -0.39 is 6.10 Å². The summed E-state index contributed by atoms with van der Waals surface area (Å²) >= 11 is 0. The average Bonchev–Trinajstić information content (AvgIpc) is 2.44. The van der Waals surface area contributed by atoms with Crippen molar-refractivity contribution in [3.05, 3.63) is 42.5 Å². The molecule has 1 unspecified atom stereocenters. The van der Waals surface area contributed by atoms with Crippen LogP contribution in [0.15, 0.2) is 42.5 Å². The molecule has 3 nitrogen and oxygen atoms in total. The van der Waals surface area contributed by atoms with E-state index in [1.165, 1.54) is 0 Å². The molecule has 0 amide bonds. The van der Waals surface area contributed by atoms with Gasteiger partial charge in [0.15, 0.2) is 0 Å². The van der Waals surface area contributed by atoms with Gasteiger partial charge in [-0.25, -0.2) is 0 Å². The van der Waals surface area contributed by atoms with Crippen molar-refractivity contribution in [2.24, 2.45) is 0 Å². The van der Waals surface area contributed by atoms with E-state index in [-0.39, 0.29) is 12.6 Å². The maximum Gasteiger partial charge on any atom is 0.127 e. The van der Waals surface area contributed by atoms with Crippen LogP contribution in [0.25, 0.3) is 10.8 Å². The van der Waals surface area contributed by atoms with Crippen molar-refractivity contribution in [2.75, 3.05) is 6.61 Å². The first-order valence-corrected chi connectivity index (χ1v) is 7.12. The molecule has 0 radical (unpaired) electrons. The zero-order valence-corrected chi connectivity index (χ0v) is 12.3. The second-order valence-corrected chi connectivity index (χ2v) is 5.47. The van der Waals surface area contributed by atoms with Crippen LogP contribution in [0.3, 0.4) is 0 Å². The van der Waals surface area contributed by atoms with Gasteiger partial charge in [0, 0.05) is 17.5 Å². The predicted molar refractivity (Wildman–Crippen MR) is 83.2 cm³/mol. The van der Waals surface area contributed by atoms with Crippen molar-refractivity contribution in [1.29, 1.82) is 0 Å². The fourth-order valence-electron chi connectivity index (χ4n) is 2.28. The minimum absolute atomic E-state index is 0.00461. The maximum atomic E-state index is 10.1. The van der Waals surface area contributed by atoms with Gasteiger partial charge in [-0.2, -0.15) is 0 Å². The quantitative estimate of drug-likeness (QED) is 0.850. The van der Waals surface area contributed by atoms with E-state index in [1.807, 2.05) is 37.3 Å². The molecule has 0 bridgehead atoms. The second kappa shape index (κ2) is 6.73. The van der Waals surface area contributed by atoms with E-state index in [0.717, 1.165) is 16.5 Å². The topological polar surface area (TPSA) is 41.5 Å². The Morgan fingerprint density at radius 2 is 1.75 bits per heavy atom. The molecule has 20 heavy (non-hydrogen) atoms. The van der Waals surface area contributed by atoms with Crippen molar-refractivity contribution in [3.63, 3.8) is 0 Å². The maximum absolute atomic E-state index is 10.1. The van der Waals surface area contributed by atoms with Crippen molar-refractivity contribution in [3.8, 4) is 5.75 Å². The average molecular weight is 273 g/mol. The first-order valence-electron chi connectivity index (χ1n) is 7.12. The summed E-state index contributed by atoms with van der Waals surface area (Å²) in [5.41, 5.74) is 0. The molecule has 2 aromatic carbocycles. The summed E-state index contributed by atoms with van der Waals surface area (Å²) in [6.45, 7) is 6.38. The van der Waals surface area contributed by atoms with Crippen LogP contribution in [0.1, 0.15) is 20.8 Å². The zero-order chi connectivity index (χ0) is 14.5. The summed E-state index contributed by atoms with van der Waals surface area (Å²) in [6, 6.07) is 14.4. The summed E-state index contributed by atoms with van der Waals surface area (Å²) < 4.78 is 5.79. The lowest BCUT2D eigenvalue weighted by molar-refractivity contribution is 0.0766. The molecule has 0 aliphatic rings. The molecule has 0 aromatic heterocycles. The number of aliphatic hydroxyl groups excluding tert-OH is 1. The van der Waals surface area contributed by atoms with Crippen LogP contribution >= 0.6 is 0 Å². The molecule has 3 heteroatoms. The predicted octanol–water partition coefficient (Wildman–Crippen LogP) is 2.97. The minimum Gasteiger partial charge on any atom is -0.490 e. The Balaban J connectivity index is 2.02. The van der Waals surface area contributed by atoms with Crippen LogP contribution in [0, 0.1) is 0 Å². The number of hydrogen-bond donors (Lipinski definition) is 2. The van der Waals surface area contributed by atoms with Crippen LogP contribution in [-0.2, 0) is 0 Å². The molecule has 2 rings (SSSR count). The molecule has 0 saturated heterocycles. The monoisotopic (exact) mass is 273 g/mol. The Labute approximate surface area is 120 Å². The molecule has 108 valence electrons. The molecule has 0 saturated carbocycles. The first kappa shape index (κ1) is 14.8. The number of aliphatic hydroxyl groups is 1. The van der Waals surface area contributed by atoms with Gasteiger partial charge < -0.3 is 15.2 Å². The third kappa shape index (κ3) is 3.71. The summed E-state index contributed by atoms with van der Waals surface area (Å²) in [6.07, 6.45) is -0.531. The van der Waals surface area contributed by atoms with E-state index in [2.05, 4.69) is 31.3 Å². The lowest BCUT2D eigenvalue weighted by atomic mass is 10.1. The number of benzene rings is 2. The standard InChI is InChI=1S/C17H23NO2/c1-12(2)18-13(3)16(19)11-20-17-10-6-8-14-7-4-5-9-15(14)17/h4-10,12-13,16,18-19H,11H2,1-3H3/t13-,16?/m0/s1. The summed E-state index contributed by atoms with van der Waals surface area (Å²) in [7, 11) is 0. The largest absolute Gasteiger partial charge is 0.490 e. The van der Waals surface area contributed by atoms with Gasteiger partial charge in [0.25, 0.3) is 0 Å². The molecular formula is C17H23NO2. The summed E-state index contributed by atoms with van der Waals surface area (Å²) in [5.74, 6) is 0.818. The molecule has 0 spiro atoms. The van der Waals surface area contributed by atoms with Gasteiger partial charge in [0.2, 0.25) is 0 Å². The van der Waals surface area contributed by atoms with Crippen molar-refractivity contribution < 1.29 is 9.84 Å². The van der Waals surface area contributed by atoms with Crippen LogP contribution in [-0.4, -0.2) is 29.9 Å². The zero-order valence-electron chi connectivity index (χ0n) is 12.3. The van der Waals surface area contributed by atoms with Gasteiger partial charge in [-0.15, -0.1) is 0 Å². The molecule has 0 fully saturated rings. The highest BCUT2D eigenvalue weighted by atomic mass is 16.5. The van der Waals surface area contributed by atoms with Crippen LogP contribution in [0.2, 0.25) is 0 Å². The SMILES string of the molecule is CC(C)N[C@@H](C)C(O)COc1cccc2ccccc12. The van der Waals surface area contributed by atoms with Gasteiger partial charge >= 0.3 is 0 Å². The van der Waals surface area contributed by atoms with Gasteiger partial charge in [-0.05, 0) is 18.4 Å². The van der Waals surface area contributed by atoms with Gasteiger partial charge in [0.1, 0.15) is 18.5 Å². The van der Waals surface area contributed by atoms with Crippen molar-refractivity contribution >= 4 is 10.8 Å². The van der Waals surface area contributed by atoms with Crippen LogP contribution in [0.5, 0.6) is 5.75 Å². The first-order chi connectivity index (χ1) is 9.58. The highest BCUT2D eigenvalue weighted by Gasteiger charge is 2.15. The van der Waals surface area contributed by atoms with E-state index >= 15 is 0 Å². The molecule has 0 aliphatic carbocycles. The Bertz CT molecular complexity index is 548. The smallest absolute Gasteiger partial charge is 0.127 e. The minimum atomic E-state index is -0.531. The van der Waals surface area contributed by atoms with E-state index in [1.54, 1.807) is 0 Å². The number of nitrogens with one attached hydrogen (secondary N) is 1. The van der Waals surface area contributed by atoms with E-state index in [9.17, 15) is 5.11 Å². The fraction of sp³-hybridized carbons (Fsp3) is 0.412. The van der Waals surface area contributed by atoms with Gasteiger partial charge in [0.05, 0.1) is 0 Å². The summed E-state index contributed by atoms with van der Waals surface area (Å²) in [5, 5.41) is 15.6. The molecule has 0 aliphatic heterocycles. The van der Waals surface area contributed by atoms with Gasteiger partial charge in [-0.3, -0.25) is 0 Å². The summed E-state index contributed by atoms with van der Waals surface area (Å²) in [4.78, 5) is 0. The van der Waals surface area contributed by atoms with E-state index in [0.29, 0.717) is 6.04 Å². The van der Waals surface area contributed by atoms with E-state index in [4.69, 9.17) is 4.74 Å². The lowest BCUT2D eigenvalue weighted by Crippen LogP contribution is -2.43. The Hall–Kier alpha value is -1.58. The number of hydrogen-bond acceptors (Lipinski definition) is 3. The Morgan fingerprint density at radius 3 is 2.50 bits per heavy atom. The van der Waals surface area contributed by atoms with Crippen molar-refractivity contribution in [1.82, 2.24) is 5.32 Å². The number of rotatable bonds is 6. The molecule has 2 aromatic rings. The van der Waals surface area contributed by atoms with Crippen LogP contribution < -0.4 is 10.1 Å². The van der Waals surface area contributed by atoms with Crippen LogP contribution in [0.4, 0.5) is 0 Å². The normalized spacial score (nSPS) is 14.4. The van der Waals surface area contributed by atoms with Crippen molar-refractivity contribution in [2.45, 2.75) is 39.0 Å². The Kier molecular flexibility index (Phi) is 4.99. The third-order valence-electron chi connectivity index (χ3n) is 3.33. The highest BCUT2D eigenvalue weighted by molar-refractivity contribution is 5.88. The number of ether oxygens (including phenoxy) is 1. The number of fused-ring (bicyclic) bond motifs is 1. The third-order valence-corrected chi connectivity index (χ3v) is 3.33.